The van der Waals surface area contributed by atoms with Crippen LogP contribution in [0, 0.1) is 0 Å². The van der Waals surface area contributed by atoms with Gasteiger partial charge in [-0.15, -0.1) is 0 Å². The lowest BCUT2D eigenvalue weighted by Crippen LogP contribution is -2.35. The summed E-state index contributed by atoms with van der Waals surface area (Å²) in [5.74, 6) is 1.46. The van der Waals surface area contributed by atoms with Crippen molar-refractivity contribution in [2.75, 3.05) is 20.6 Å². The normalized spacial score (nSPS) is 12.3. The number of benzene rings is 2. The Kier molecular flexibility index (Phi) is 7.36. The lowest BCUT2D eigenvalue weighted by Gasteiger charge is -2.22. The van der Waals surface area contributed by atoms with Crippen LogP contribution in [0.1, 0.15) is 49.2 Å². The number of hydrogen-bond acceptors (Lipinski definition) is 5. The van der Waals surface area contributed by atoms with Gasteiger partial charge in [0.25, 0.3) is 0 Å². The first-order chi connectivity index (χ1) is 14.4. The zero-order valence-corrected chi connectivity index (χ0v) is 18.1. The molecule has 158 valence electrons. The molecule has 2 aromatic carbocycles. The number of aryl methyl sites for hydroxylation is 1. The van der Waals surface area contributed by atoms with Crippen molar-refractivity contribution >= 4 is 5.91 Å². The Hall–Kier alpha value is -2.99. The Balaban J connectivity index is 1.58. The molecule has 0 saturated heterocycles. The number of aromatic nitrogens is 2. The van der Waals surface area contributed by atoms with Gasteiger partial charge in [0.1, 0.15) is 0 Å². The molecule has 0 fully saturated rings. The number of carbonyl (C=O) groups excluding carboxylic acids is 1. The van der Waals surface area contributed by atoms with E-state index in [1.54, 1.807) is 0 Å². The van der Waals surface area contributed by atoms with E-state index in [1.165, 1.54) is 5.56 Å². The zero-order valence-electron chi connectivity index (χ0n) is 18.1. The first kappa shape index (κ1) is 21.7. The van der Waals surface area contributed by atoms with Crippen molar-refractivity contribution in [2.45, 2.75) is 38.6 Å². The fourth-order valence-electron chi connectivity index (χ4n) is 3.26. The van der Waals surface area contributed by atoms with Crippen molar-refractivity contribution in [1.82, 2.24) is 20.4 Å². The van der Waals surface area contributed by atoms with Crippen LogP contribution in [0.2, 0.25) is 0 Å². The van der Waals surface area contributed by atoms with Crippen LogP contribution >= 0.6 is 0 Å². The standard InChI is InChI=1S/C24H30N4O2/c1-17(2)18-10-12-20(13-11-18)24-26-23(30-27-24)15-14-22(29)25-21(16-28(3)4)19-8-6-5-7-9-19/h5-13,17,21H,14-16H2,1-4H3,(H,25,29). The van der Waals surface area contributed by atoms with E-state index in [0.29, 0.717) is 30.5 Å². The maximum atomic E-state index is 12.5. The van der Waals surface area contributed by atoms with E-state index in [2.05, 4.69) is 46.3 Å². The Bertz CT molecular complexity index is 933. The molecule has 3 rings (SSSR count). The highest BCUT2D eigenvalue weighted by Crippen LogP contribution is 2.21. The van der Waals surface area contributed by atoms with Gasteiger partial charge in [-0.1, -0.05) is 73.6 Å². The van der Waals surface area contributed by atoms with Crippen molar-refractivity contribution < 1.29 is 9.32 Å². The van der Waals surface area contributed by atoms with Crippen molar-refractivity contribution in [2.24, 2.45) is 0 Å². The van der Waals surface area contributed by atoms with Crippen molar-refractivity contribution in [3.8, 4) is 11.4 Å². The van der Waals surface area contributed by atoms with Gasteiger partial charge in [0, 0.05) is 24.9 Å². The molecule has 30 heavy (non-hydrogen) atoms. The van der Waals surface area contributed by atoms with Gasteiger partial charge in [-0.25, -0.2) is 0 Å². The van der Waals surface area contributed by atoms with Gasteiger partial charge >= 0.3 is 0 Å². The summed E-state index contributed by atoms with van der Waals surface area (Å²) in [5.41, 5.74) is 3.27. The molecule has 1 unspecified atom stereocenters. The molecule has 6 heteroatoms. The summed E-state index contributed by atoms with van der Waals surface area (Å²) in [6.45, 7) is 5.05. The number of rotatable bonds is 9. The first-order valence-electron chi connectivity index (χ1n) is 10.3. The second-order valence-corrected chi connectivity index (χ2v) is 8.08. The Morgan fingerprint density at radius 2 is 1.73 bits per heavy atom. The molecular formula is C24H30N4O2. The zero-order chi connectivity index (χ0) is 21.5. The fraction of sp³-hybridized carbons (Fsp3) is 0.375. The first-order valence-corrected chi connectivity index (χ1v) is 10.3. The molecule has 1 aromatic heterocycles. The predicted molar refractivity (Wildman–Crippen MR) is 118 cm³/mol. The Labute approximate surface area is 178 Å². The van der Waals surface area contributed by atoms with Gasteiger partial charge in [-0.2, -0.15) is 4.98 Å². The highest BCUT2D eigenvalue weighted by molar-refractivity contribution is 5.76. The average Bonchev–Trinajstić information content (AvgIpc) is 3.21. The lowest BCUT2D eigenvalue weighted by molar-refractivity contribution is -0.122. The smallest absolute Gasteiger partial charge is 0.227 e. The maximum Gasteiger partial charge on any atom is 0.227 e. The molecule has 6 nitrogen and oxygen atoms in total. The molecule has 1 atom stereocenters. The van der Waals surface area contributed by atoms with Crippen LogP contribution in [-0.4, -0.2) is 41.6 Å². The summed E-state index contributed by atoms with van der Waals surface area (Å²) in [4.78, 5) is 19.0. The molecule has 0 spiro atoms. The van der Waals surface area contributed by atoms with Crippen LogP contribution in [-0.2, 0) is 11.2 Å². The summed E-state index contributed by atoms with van der Waals surface area (Å²) in [5, 5.41) is 7.18. The topological polar surface area (TPSA) is 71.3 Å². The van der Waals surface area contributed by atoms with Gasteiger partial charge in [-0.05, 0) is 31.1 Å². The summed E-state index contributed by atoms with van der Waals surface area (Å²) in [6.07, 6.45) is 0.705. The minimum absolute atomic E-state index is 0.0354. The van der Waals surface area contributed by atoms with Gasteiger partial charge in [0.15, 0.2) is 0 Å². The van der Waals surface area contributed by atoms with Crippen LogP contribution in [0.25, 0.3) is 11.4 Å². The summed E-state index contributed by atoms with van der Waals surface area (Å²) in [7, 11) is 3.99. The van der Waals surface area contributed by atoms with E-state index in [0.717, 1.165) is 17.7 Å². The largest absolute Gasteiger partial charge is 0.348 e. The number of hydrogen-bond donors (Lipinski definition) is 1. The molecule has 1 heterocycles. The molecule has 0 saturated carbocycles. The molecule has 1 N–H and O–H groups in total. The summed E-state index contributed by atoms with van der Waals surface area (Å²) >= 11 is 0. The SMILES string of the molecule is CC(C)c1ccc(-c2noc(CCC(=O)NC(CN(C)C)c3ccccc3)n2)cc1. The monoisotopic (exact) mass is 406 g/mol. The second kappa shape index (κ2) is 10.2. The van der Waals surface area contributed by atoms with Crippen LogP contribution in [0.15, 0.2) is 59.1 Å². The quantitative estimate of drug-likeness (QED) is 0.576. The minimum atomic E-state index is -0.0635. The molecule has 0 radical (unpaired) electrons. The minimum Gasteiger partial charge on any atom is -0.348 e. The van der Waals surface area contributed by atoms with Crippen LogP contribution in [0.5, 0.6) is 0 Å². The van der Waals surface area contributed by atoms with Crippen molar-refractivity contribution in [3.05, 3.63) is 71.6 Å². The number of likely N-dealkylation sites (N-methyl/N-ethyl adjacent to an activating group) is 1. The number of nitrogens with zero attached hydrogens (tertiary/aromatic N) is 3. The van der Waals surface area contributed by atoms with E-state index in [4.69, 9.17) is 4.52 Å². The number of nitrogens with one attached hydrogen (secondary N) is 1. The highest BCUT2D eigenvalue weighted by atomic mass is 16.5. The third-order valence-electron chi connectivity index (χ3n) is 4.95. The molecule has 0 aliphatic heterocycles. The summed E-state index contributed by atoms with van der Waals surface area (Å²) < 4.78 is 5.35. The molecule has 0 aliphatic carbocycles. The Morgan fingerprint density at radius 1 is 1.03 bits per heavy atom. The predicted octanol–water partition coefficient (Wildman–Crippen LogP) is 4.21. The highest BCUT2D eigenvalue weighted by Gasteiger charge is 2.17. The molecule has 0 bridgehead atoms. The van der Waals surface area contributed by atoms with Crippen LogP contribution < -0.4 is 5.32 Å². The third kappa shape index (κ3) is 6.00. The number of amides is 1. The van der Waals surface area contributed by atoms with E-state index < -0.39 is 0 Å². The van der Waals surface area contributed by atoms with Crippen molar-refractivity contribution in [1.29, 1.82) is 0 Å². The van der Waals surface area contributed by atoms with Gasteiger partial charge in [0.05, 0.1) is 6.04 Å². The van der Waals surface area contributed by atoms with Gasteiger partial charge < -0.3 is 14.7 Å². The third-order valence-corrected chi connectivity index (χ3v) is 4.95. The Morgan fingerprint density at radius 3 is 2.37 bits per heavy atom. The molecular weight excluding hydrogens is 376 g/mol. The molecule has 0 aliphatic rings. The maximum absolute atomic E-state index is 12.5. The van der Waals surface area contributed by atoms with Gasteiger partial charge in [0.2, 0.25) is 17.6 Å². The molecule has 1 amide bonds. The van der Waals surface area contributed by atoms with Gasteiger partial charge in [-0.3, -0.25) is 4.79 Å². The molecule has 3 aromatic rings. The van der Waals surface area contributed by atoms with Crippen LogP contribution in [0.4, 0.5) is 0 Å². The second-order valence-electron chi connectivity index (χ2n) is 8.08. The van der Waals surface area contributed by atoms with E-state index in [1.807, 2.05) is 56.6 Å². The lowest BCUT2D eigenvalue weighted by atomic mass is 10.0. The van der Waals surface area contributed by atoms with E-state index in [9.17, 15) is 4.79 Å². The average molecular weight is 407 g/mol. The summed E-state index contributed by atoms with van der Waals surface area (Å²) in [6, 6.07) is 18.1. The number of carbonyl (C=O) groups is 1. The fourth-order valence-corrected chi connectivity index (χ4v) is 3.26. The van der Waals surface area contributed by atoms with Crippen LogP contribution in [0.3, 0.4) is 0 Å². The van der Waals surface area contributed by atoms with E-state index in [-0.39, 0.29) is 11.9 Å². The van der Waals surface area contributed by atoms with Crippen molar-refractivity contribution in [3.63, 3.8) is 0 Å². The van der Waals surface area contributed by atoms with E-state index >= 15 is 0 Å².